The number of aliphatic hydroxyl groups is 1. The van der Waals surface area contributed by atoms with E-state index >= 15 is 0 Å². The Morgan fingerprint density at radius 3 is 2.54 bits per heavy atom. The van der Waals surface area contributed by atoms with Crippen LogP contribution in [0, 0.1) is 0 Å². The highest BCUT2D eigenvalue weighted by Gasteiger charge is 2.53. The Morgan fingerprint density at radius 1 is 1.12 bits per heavy atom. The molecule has 0 unspecified atom stereocenters. The summed E-state index contributed by atoms with van der Waals surface area (Å²) >= 11 is 1.73. The van der Waals surface area contributed by atoms with Crippen LogP contribution in [0.25, 0.3) is 0 Å². The number of ether oxygens (including phenoxy) is 1. The Bertz CT molecular complexity index is 814. The summed E-state index contributed by atoms with van der Waals surface area (Å²) in [5.41, 5.74) is 0.482. The minimum Gasteiger partial charge on any atom is -0.435 e. The number of hydrogen-bond acceptors (Lipinski definition) is 4. The van der Waals surface area contributed by atoms with E-state index in [1.165, 1.54) is 12.1 Å². The van der Waals surface area contributed by atoms with E-state index in [0.717, 1.165) is 29.6 Å². The summed E-state index contributed by atoms with van der Waals surface area (Å²) in [4.78, 5) is 2.12. The molecule has 2 aliphatic heterocycles. The van der Waals surface area contributed by atoms with Gasteiger partial charge in [-0.3, -0.25) is 0 Å². The first-order valence-corrected chi connectivity index (χ1v) is 9.44. The average Bonchev–Trinajstić information content (AvgIpc) is 2.97. The lowest BCUT2D eigenvalue weighted by atomic mass is 10.0. The summed E-state index contributed by atoms with van der Waals surface area (Å²) in [7, 11) is 0. The third-order valence-electron chi connectivity index (χ3n) is 4.65. The molecule has 0 saturated carbocycles. The SMILES string of the molecule is O[C@@]1(c2ccc(OC(F)F)cc2)CN(c2ccccc2)C2=[N+]1CCCS2. The highest BCUT2D eigenvalue weighted by Crippen LogP contribution is 2.37. The highest BCUT2D eigenvalue weighted by atomic mass is 32.2. The minimum absolute atomic E-state index is 0.0856. The van der Waals surface area contributed by atoms with Crippen molar-refractivity contribution in [3.05, 3.63) is 60.2 Å². The van der Waals surface area contributed by atoms with Crippen LogP contribution in [0.1, 0.15) is 12.0 Å². The van der Waals surface area contributed by atoms with Crippen LogP contribution < -0.4 is 9.64 Å². The first kappa shape index (κ1) is 17.3. The number of amidine groups is 1. The monoisotopic (exact) mass is 377 g/mol. The standard InChI is InChI=1S/C19H19F2N2O2S/c20-17(21)25-16-9-7-14(8-10-16)19(24)13-22(15-5-2-1-3-6-15)18-23(19)11-4-12-26-18/h1-3,5-10,17,24H,4,11-13H2/q+1/t19-/m1/s1. The fraction of sp³-hybridized carbons (Fsp3) is 0.316. The van der Waals surface area contributed by atoms with Crippen LogP contribution in [-0.2, 0) is 5.72 Å². The Morgan fingerprint density at radius 2 is 1.85 bits per heavy atom. The zero-order chi connectivity index (χ0) is 18.1. The lowest BCUT2D eigenvalue weighted by Crippen LogP contribution is -2.41. The van der Waals surface area contributed by atoms with Crippen LogP contribution in [0.15, 0.2) is 54.6 Å². The summed E-state index contributed by atoms with van der Waals surface area (Å²) in [6.07, 6.45) is 0.978. The molecule has 136 valence electrons. The van der Waals surface area contributed by atoms with Gasteiger partial charge < -0.3 is 9.84 Å². The molecule has 0 fully saturated rings. The van der Waals surface area contributed by atoms with Crippen LogP contribution in [0.4, 0.5) is 14.5 Å². The van der Waals surface area contributed by atoms with E-state index in [2.05, 4.69) is 9.64 Å². The van der Waals surface area contributed by atoms with Crippen molar-refractivity contribution in [2.24, 2.45) is 0 Å². The number of rotatable bonds is 4. The van der Waals surface area contributed by atoms with E-state index in [1.54, 1.807) is 23.9 Å². The summed E-state index contributed by atoms with van der Waals surface area (Å²) in [6, 6.07) is 16.2. The maximum absolute atomic E-state index is 12.4. The second-order valence-electron chi connectivity index (χ2n) is 6.28. The third-order valence-corrected chi connectivity index (χ3v) is 5.85. The van der Waals surface area contributed by atoms with Crippen LogP contribution in [0.2, 0.25) is 0 Å². The Hall–Kier alpha value is -2.12. The van der Waals surface area contributed by atoms with E-state index < -0.39 is 12.3 Å². The van der Waals surface area contributed by atoms with E-state index in [4.69, 9.17) is 0 Å². The predicted octanol–water partition coefficient (Wildman–Crippen LogP) is 3.46. The Balaban J connectivity index is 1.70. The van der Waals surface area contributed by atoms with Gasteiger partial charge in [0.1, 0.15) is 11.4 Å². The third kappa shape index (κ3) is 3.05. The maximum Gasteiger partial charge on any atom is 0.387 e. The van der Waals surface area contributed by atoms with Gasteiger partial charge in [0.25, 0.3) is 5.72 Å². The van der Waals surface area contributed by atoms with Crippen molar-refractivity contribution in [2.75, 3.05) is 23.7 Å². The van der Waals surface area contributed by atoms with Gasteiger partial charge in [-0.05, 0) is 54.6 Å². The normalized spacial score (nSPS) is 22.7. The molecule has 0 aromatic heterocycles. The lowest BCUT2D eigenvalue weighted by Gasteiger charge is -2.24. The van der Waals surface area contributed by atoms with E-state index in [1.807, 2.05) is 34.9 Å². The van der Waals surface area contributed by atoms with E-state index in [-0.39, 0.29) is 5.75 Å². The first-order valence-electron chi connectivity index (χ1n) is 8.46. The van der Waals surface area contributed by atoms with Gasteiger partial charge in [0.05, 0.1) is 6.54 Å². The largest absolute Gasteiger partial charge is 0.435 e. The van der Waals surface area contributed by atoms with Crippen LogP contribution in [0.5, 0.6) is 5.75 Å². The van der Waals surface area contributed by atoms with Crippen molar-refractivity contribution in [3.63, 3.8) is 0 Å². The minimum atomic E-state index is -2.86. The Kier molecular flexibility index (Phi) is 4.58. The zero-order valence-corrected chi connectivity index (χ0v) is 14.8. The number of thioether (sulfide) groups is 1. The molecule has 1 atom stereocenters. The van der Waals surface area contributed by atoms with Crippen molar-refractivity contribution in [3.8, 4) is 5.75 Å². The van der Waals surface area contributed by atoms with Crippen molar-refractivity contribution in [2.45, 2.75) is 18.8 Å². The summed E-state index contributed by atoms with van der Waals surface area (Å²) in [5, 5.41) is 12.5. The van der Waals surface area contributed by atoms with Crippen LogP contribution >= 0.6 is 11.8 Å². The number of para-hydroxylation sites is 1. The zero-order valence-electron chi connectivity index (χ0n) is 14.0. The van der Waals surface area contributed by atoms with Crippen LogP contribution in [-0.4, -0.2) is 40.3 Å². The van der Waals surface area contributed by atoms with Crippen molar-refractivity contribution >= 4 is 22.6 Å². The lowest BCUT2D eigenvalue weighted by molar-refractivity contribution is -0.656. The number of nitrogens with zero attached hydrogens (tertiary/aromatic N) is 2. The van der Waals surface area contributed by atoms with E-state index in [9.17, 15) is 13.9 Å². The smallest absolute Gasteiger partial charge is 0.387 e. The number of anilines is 1. The Labute approximate surface area is 154 Å². The fourth-order valence-corrected chi connectivity index (χ4v) is 4.64. The molecular weight excluding hydrogens is 358 g/mol. The van der Waals surface area contributed by atoms with Gasteiger partial charge in [-0.25, -0.2) is 9.48 Å². The van der Waals surface area contributed by atoms with Gasteiger partial charge in [0.2, 0.25) is 0 Å². The predicted molar refractivity (Wildman–Crippen MR) is 98.0 cm³/mol. The van der Waals surface area contributed by atoms with E-state index in [0.29, 0.717) is 12.1 Å². The maximum atomic E-state index is 12.4. The van der Waals surface area contributed by atoms with Gasteiger partial charge in [0.15, 0.2) is 6.54 Å². The van der Waals surface area contributed by atoms with Crippen molar-refractivity contribution in [1.29, 1.82) is 0 Å². The number of hydrogen-bond donors (Lipinski definition) is 1. The number of alkyl halides is 2. The van der Waals surface area contributed by atoms with Gasteiger partial charge >= 0.3 is 11.8 Å². The molecule has 2 aliphatic rings. The second kappa shape index (κ2) is 6.89. The first-order chi connectivity index (χ1) is 12.6. The number of β-amino-alcohol motifs (C(OH)–C–C–N with tert-alkyl or cyclic N) is 1. The topological polar surface area (TPSA) is 35.7 Å². The molecule has 2 aromatic rings. The van der Waals surface area contributed by atoms with Crippen molar-refractivity contribution in [1.82, 2.24) is 0 Å². The van der Waals surface area contributed by atoms with Gasteiger partial charge in [0, 0.05) is 11.3 Å². The van der Waals surface area contributed by atoms with Gasteiger partial charge in [-0.1, -0.05) is 18.2 Å². The molecule has 0 aliphatic carbocycles. The molecule has 2 aromatic carbocycles. The molecule has 0 radical (unpaired) electrons. The summed E-state index contributed by atoms with van der Waals surface area (Å²) in [5.74, 6) is 1.09. The summed E-state index contributed by atoms with van der Waals surface area (Å²) in [6.45, 7) is -1.73. The molecular formula is C19H19F2N2O2S+. The van der Waals surface area contributed by atoms with Gasteiger partial charge in [-0.15, -0.1) is 0 Å². The number of benzene rings is 2. The molecule has 2 heterocycles. The molecule has 1 N–H and O–H groups in total. The molecule has 7 heteroatoms. The number of halogens is 2. The molecule has 0 spiro atoms. The molecule has 4 rings (SSSR count). The highest BCUT2D eigenvalue weighted by molar-refractivity contribution is 8.13. The molecule has 0 saturated heterocycles. The second-order valence-corrected chi connectivity index (χ2v) is 7.34. The fourth-order valence-electron chi connectivity index (χ4n) is 3.46. The summed E-state index contributed by atoms with van der Waals surface area (Å²) < 4.78 is 31.2. The molecule has 26 heavy (non-hydrogen) atoms. The molecule has 4 nitrogen and oxygen atoms in total. The van der Waals surface area contributed by atoms with Crippen LogP contribution in [0.3, 0.4) is 0 Å². The molecule has 0 bridgehead atoms. The quantitative estimate of drug-likeness (QED) is 0.828. The van der Waals surface area contributed by atoms with Crippen molar-refractivity contribution < 1.29 is 23.2 Å². The average molecular weight is 377 g/mol. The van der Waals surface area contributed by atoms with Gasteiger partial charge in [-0.2, -0.15) is 8.78 Å². The molecule has 0 amide bonds.